The summed E-state index contributed by atoms with van der Waals surface area (Å²) in [6, 6.07) is 11.3. The van der Waals surface area contributed by atoms with Gasteiger partial charge in [-0.3, -0.25) is 0 Å². The average Bonchev–Trinajstić information content (AvgIpc) is 2.38. The van der Waals surface area contributed by atoms with Gasteiger partial charge in [-0.25, -0.2) is 4.39 Å². The zero-order valence-corrected chi connectivity index (χ0v) is 11.0. The largest absolute Gasteiger partial charge is 0.489 e. The predicted molar refractivity (Wildman–Crippen MR) is 71.6 cm³/mol. The summed E-state index contributed by atoms with van der Waals surface area (Å²) in [5, 5.41) is 9.58. The molecule has 0 aromatic heterocycles. The monoisotopic (exact) mass is 275 g/mol. The highest BCUT2D eigenvalue weighted by Crippen LogP contribution is 2.23. The summed E-state index contributed by atoms with van der Waals surface area (Å²) in [7, 11) is 0. The Balaban J connectivity index is 2.19. The summed E-state index contributed by atoms with van der Waals surface area (Å²) in [6.07, 6.45) is 0. The predicted octanol–water partition coefficient (Wildman–Crippen LogP) is 4.24. The summed E-state index contributed by atoms with van der Waals surface area (Å²) in [4.78, 5) is 0. The molecule has 0 N–H and O–H groups in total. The molecular weight excluding hydrogens is 265 g/mol. The second kappa shape index (κ2) is 5.73. The van der Waals surface area contributed by atoms with Gasteiger partial charge in [0, 0.05) is 10.6 Å². The van der Waals surface area contributed by atoms with Gasteiger partial charge in [-0.15, -0.1) is 0 Å². The number of ether oxygens (including phenoxy) is 1. The van der Waals surface area contributed by atoms with Crippen LogP contribution in [0.3, 0.4) is 0 Å². The molecule has 0 aliphatic rings. The van der Waals surface area contributed by atoms with Crippen molar-refractivity contribution in [3.63, 3.8) is 0 Å². The molecule has 0 atom stereocenters. The lowest BCUT2D eigenvalue weighted by molar-refractivity contribution is 0.303. The molecule has 0 saturated heterocycles. The Hall–Kier alpha value is -2.05. The van der Waals surface area contributed by atoms with E-state index in [-0.39, 0.29) is 12.4 Å². The number of rotatable bonds is 3. The molecule has 0 aliphatic heterocycles. The van der Waals surface area contributed by atoms with E-state index in [9.17, 15) is 4.39 Å². The summed E-state index contributed by atoms with van der Waals surface area (Å²) in [6.45, 7) is 2.02. The molecule has 0 heterocycles. The van der Waals surface area contributed by atoms with Gasteiger partial charge in [0.25, 0.3) is 0 Å². The number of nitriles is 1. The van der Waals surface area contributed by atoms with Crippen molar-refractivity contribution in [2.45, 2.75) is 13.5 Å². The number of benzene rings is 2. The molecule has 4 heteroatoms. The normalized spacial score (nSPS) is 10.0. The van der Waals surface area contributed by atoms with Crippen LogP contribution >= 0.6 is 11.6 Å². The van der Waals surface area contributed by atoms with Crippen molar-refractivity contribution in [1.82, 2.24) is 0 Å². The summed E-state index contributed by atoms with van der Waals surface area (Å²) >= 11 is 5.85. The average molecular weight is 276 g/mol. The van der Waals surface area contributed by atoms with Crippen LogP contribution in [0.4, 0.5) is 4.39 Å². The van der Waals surface area contributed by atoms with E-state index in [1.165, 1.54) is 18.2 Å². The zero-order valence-electron chi connectivity index (χ0n) is 10.3. The topological polar surface area (TPSA) is 33.0 Å². The lowest BCUT2D eigenvalue weighted by atomic mass is 10.1. The van der Waals surface area contributed by atoms with E-state index in [4.69, 9.17) is 21.6 Å². The minimum absolute atomic E-state index is 0.142. The van der Waals surface area contributed by atoms with E-state index in [1.54, 1.807) is 18.2 Å². The first kappa shape index (κ1) is 13.4. The van der Waals surface area contributed by atoms with Crippen molar-refractivity contribution in [2.75, 3.05) is 0 Å². The Morgan fingerprint density at radius 1 is 1.26 bits per heavy atom. The Kier molecular flexibility index (Phi) is 4.03. The second-order valence-electron chi connectivity index (χ2n) is 4.11. The molecular formula is C15H11ClFNO. The molecule has 2 aromatic rings. The maximum atomic E-state index is 13.2. The minimum Gasteiger partial charge on any atom is -0.489 e. The highest BCUT2D eigenvalue weighted by molar-refractivity contribution is 6.30. The molecule has 2 aromatic carbocycles. The lowest BCUT2D eigenvalue weighted by Gasteiger charge is -2.10. The van der Waals surface area contributed by atoms with Crippen LogP contribution in [0.15, 0.2) is 36.4 Å². The zero-order chi connectivity index (χ0) is 13.8. The van der Waals surface area contributed by atoms with Gasteiger partial charge in [0.2, 0.25) is 0 Å². The molecule has 0 unspecified atom stereocenters. The van der Waals surface area contributed by atoms with Crippen LogP contribution in [0.1, 0.15) is 16.7 Å². The van der Waals surface area contributed by atoms with Crippen molar-refractivity contribution in [1.29, 1.82) is 5.26 Å². The Bertz CT molecular complexity index is 649. The minimum atomic E-state index is -0.384. The summed E-state index contributed by atoms with van der Waals surface area (Å²) < 4.78 is 18.8. The van der Waals surface area contributed by atoms with E-state index in [0.717, 1.165) is 5.56 Å². The van der Waals surface area contributed by atoms with Crippen LogP contribution in [-0.2, 0) is 6.61 Å². The van der Waals surface area contributed by atoms with Crippen molar-refractivity contribution in [3.05, 3.63) is 63.9 Å². The maximum absolute atomic E-state index is 13.2. The van der Waals surface area contributed by atoms with Crippen LogP contribution in [0.2, 0.25) is 5.02 Å². The van der Waals surface area contributed by atoms with Gasteiger partial charge in [-0.1, -0.05) is 11.6 Å². The molecule has 0 spiro atoms. The lowest BCUT2D eigenvalue weighted by Crippen LogP contribution is -2.00. The Morgan fingerprint density at radius 2 is 2.05 bits per heavy atom. The van der Waals surface area contributed by atoms with Gasteiger partial charge < -0.3 is 4.74 Å². The molecule has 0 radical (unpaired) electrons. The van der Waals surface area contributed by atoms with Crippen LogP contribution in [-0.4, -0.2) is 0 Å². The van der Waals surface area contributed by atoms with E-state index >= 15 is 0 Å². The first-order chi connectivity index (χ1) is 9.10. The van der Waals surface area contributed by atoms with E-state index in [0.29, 0.717) is 21.9 Å². The second-order valence-corrected chi connectivity index (χ2v) is 4.55. The van der Waals surface area contributed by atoms with Crippen LogP contribution < -0.4 is 4.74 Å². The summed E-state index contributed by atoms with van der Waals surface area (Å²) in [5.41, 5.74) is 1.83. The number of hydrogen-bond acceptors (Lipinski definition) is 2. The maximum Gasteiger partial charge on any atom is 0.123 e. The van der Waals surface area contributed by atoms with Crippen molar-refractivity contribution < 1.29 is 9.13 Å². The fourth-order valence-corrected chi connectivity index (χ4v) is 1.95. The first-order valence-electron chi connectivity index (χ1n) is 5.67. The number of nitrogens with zero attached hydrogens (tertiary/aromatic N) is 1. The van der Waals surface area contributed by atoms with Gasteiger partial charge >= 0.3 is 0 Å². The van der Waals surface area contributed by atoms with Gasteiger partial charge in [0.05, 0.1) is 11.6 Å². The van der Waals surface area contributed by atoms with Gasteiger partial charge in [0.15, 0.2) is 0 Å². The van der Waals surface area contributed by atoms with Crippen LogP contribution in [0, 0.1) is 24.1 Å². The molecule has 96 valence electrons. The highest BCUT2D eigenvalue weighted by Gasteiger charge is 2.06. The van der Waals surface area contributed by atoms with Crippen molar-refractivity contribution in [3.8, 4) is 11.8 Å². The number of aryl methyl sites for hydroxylation is 1. The van der Waals surface area contributed by atoms with Crippen molar-refractivity contribution in [2.24, 2.45) is 0 Å². The quantitative estimate of drug-likeness (QED) is 0.839. The van der Waals surface area contributed by atoms with Crippen LogP contribution in [0.25, 0.3) is 0 Å². The Morgan fingerprint density at radius 3 is 2.74 bits per heavy atom. The molecule has 0 fully saturated rings. The van der Waals surface area contributed by atoms with Gasteiger partial charge in [-0.2, -0.15) is 5.26 Å². The third kappa shape index (κ3) is 3.24. The van der Waals surface area contributed by atoms with Gasteiger partial charge in [-0.05, 0) is 48.9 Å². The fraction of sp³-hybridized carbons (Fsp3) is 0.133. The smallest absolute Gasteiger partial charge is 0.123 e. The number of halogens is 2. The first-order valence-corrected chi connectivity index (χ1v) is 6.05. The van der Waals surface area contributed by atoms with Gasteiger partial charge in [0.1, 0.15) is 18.2 Å². The highest BCUT2D eigenvalue weighted by atomic mass is 35.5. The molecule has 2 nitrogen and oxygen atoms in total. The Labute approximate surface area is 116 Å². The molecule has 2 rings (SSSR count). The molecule has 0 amide bonds. The van der Waals surface area contributed by atoms with Crippen molar-refractivity contribution >= 4 is 11.6 Å². The SMILES string of the molecule is Cc1cc(Cl)ccc1OCc1cc(F)ccc1C#N. The fourth-order valence-electron chi connectivity index (χ4n) is 1.72. The summed E-state index contributed by atoms with van der Waals surface area (Å²) in [5.74, 6) is 0.281. The number of hydrogen-bond donors (Lipinski definition) is 0. The third-order valence-corrected chi connectivity index (χ3v) is 2.94. The van der Waals surface area contributed by atoms with Crippen LogP contribution in [0.5, 0.6) is 5.75 Å². The standard InChI is InChI=1S/C15H11ClFNO/c1-10-6-13(16)3-5-15(10)19-9-12-7-14(17)4-2-11(12)8-18/h2-7H,9H2,1H3. The molecule has 19 heavy (non-hydrogen) atoms. The van der Waals surface area contributed by atoms with E-state index in [2.05, 4.69) is 0 Å². The van der Waals surface area contributed by atoms with E-state index < -0.39 is 0 Å². The van der Waals surface area contributed by atoms with E-state index in [1.807, 2.05) is 13.0 Å². The molecule has 0 saturated carbocycles. The molecule has 0 aliphatic carbocycles. The molecule has 0 bridgehead atoms. The third-order valence-electron chi connectivity index (χ3n) is 2.71.